The van der Waals surface area contributed by atoms with Gasteiger partial charge in [-0.3, -0.25) is 14.4 Å². The minimum Gasteiger partial charge on any atom is -0.508 e. The number of nitrogens with one attached hydrogen (secondary N) is 2. The minimum atomic E-state index is -1.16. The second-order valence-electron chi connectivity index (χ2n) is 10.2. The Morgan fingerprint density at radius 3 is 2.33 bits per heavy atom. The number of hydrogen-bond acceptors (Lipinski definition) is 6. The first-order valence-electron chi connectivity index (χ1n) is 13.2. The van der Waals surface area contributed by atoms with Crippen LogP contribution in [0.4, 0.5) is 0 Å². The highest BCUT2D eigenvalue weighted by Crippen LogP contribution is 2.26. The molecule has 0 aromatic heterocycles. The Morgan fingerprint density at radius 2 is 1.72 bits per heavy atom. The molecule has 1 aliphatic rings. The van der Waals surface area contributed by atoms with E-state index in [9.17, 15) is 29.4 Å². The molecule has 3 rings (SSSR count). The summed E-state index contributed by atoms with van der Waals surface area (Å²) in [6.07, 6.45) is 1.73. The molecule has 3 unspecified atom stereocenters. The molecule has 0 radical (unpaired) electrons. The molecule has 3 atom stereocenters. The van der Waals surface area contributed by atoms with Gasteiger partial charge in [-0.15, -0.1) is 0 Å². The number of hydrogen-bond donors (Lipinski definition) is 5. The zero-order valence-electron chi connectivity index (χ0n) is 22.7. The summed E-state index contributed by atoms with van der Waals surface area (Å²) in [5.41, 5.74) is 10.7. The first-order valence-corrected chi connectivity index (χ1v) is 13.2. The van der Waals surface area contributed by atoms with Gasteiger partial charge in [0.05, 0.1) is 6.04 Å². The number of aryl methyl sites for hydroxylation is 2. The van der Waals surface area contributed by atoms with Gasteiger partial charge in [0.2, 0.25) is 17.7 Å². The molecule has 1 heterocycles. The number of carboxylic acid groups (broad SMARTS) is 1. The van der Waals surface area contributed by atoms with Crippen LogP contribution >= 0.6 is 0 Å². The van der Waals surface area contributed by atoms with E-state index in [1.807, 2.05) is 38.1 Å². The van der Waals surface area contributed by atoms with E-state index in [0.717, 1.165) is 27.8 Å². The van der Waals surface area contributed by atoms with Crippen molar-refractivity contribution in [1.82, 2.24) is 15.5 Å². The summed E-state index contributed by atoms with van der Waals surface area (Å²) in [5, 5.41) is 24.9. The van der Waals surface area contributed by atoms with E-state index in [1.165, 1.54) is 11.8 Å². The number of fused-ring (bicyclic) bond motifs is 1. The van der Waals surface area contributed by atoms with Crippen LogP contribution in [0.1, 0.15) is 54.0 Å². The number of amides is 3. The molecule has 3 amide bonds. The quantitative estimate of drug-likeness (QED) is 0.272. The summed E-state index contributed by atoms with van der Waals surface area (Å²) in [6.45, 7) is 5.70. The molecule has 10 nitrogen and oxygen atoms in total. The van der Waals surface area contributed by atoms with Crippen LogP contribution < -0.4 is 16.4 Å². The van der Waals surface area contributed by atoms with Crippen LogP contribution in [0.3, 0.4) is 0 Å². The van der Waals surface area contributed by atoms with E-state index in [4.69, 9.17) is 5.73 Å². The molecule has 2 aromatic carbocycles. The lowest BCUT2D eigenvalue weighted by Crippen LogP contribution is -2.58. The third-order valence-corrected chi connectivity index (χ3v) is 7.16. The highest BCUT2D eigenvalue weighted by atomic mass is 16.4. The van der Waals surface area contributed by atoms with Gasteiger partial charge in [-0.05, 0) is 79.5 Å². The average Bonchev–Trinajstić information content (AvgIpc) is 2.88. The van der Waals surface area contributed by atoms with Crippen molar-refractivity contribution in [2.75, 3.05) is 6.54 Å². The first kappa shape index (κ1) is 29.6. The molecule has 1 aliphatic heterocycles. The number of rotatable bonds is 11. The van der Waals surface area contributed by atoms with E-state index in [1.54, 1.807) is 12.1 Å². The molecular formula is C29H38N4O6. The van der Waals surface area contributed by atoms with Gasteiger partial charge < -0.3 is 31.5 Å². The normalized spacial score (nSPS) is 16.1. The van der Waals surface area contributed by atoms with Crippen molar-refractivity contribution in [3.63, 3.8) is 0 Å². The predicted molar refractivity (Wildman–Crippen MR) is 146 cm³/mol. The Kier molecular flexibility index (Phi) is 10.1. The molecule has 6 N–H and O–H groups in total. The second-order valence-corrected chi connectivity index (χ2v) is 10.2. The topological polar surface area (TPSA) is 162 Å². The van der Waals surface area contributed by atoms with E-state index in [-0.39, 0.29) is 37.5 Å². The van der Waals surface area contributed by atoms with Crippen LogP contribution in [0, 0.1) is 13.8 Å². The lowest BCUT2D eigenvalue weighted by Gasteiger charge is -2.38. The lowest BCUT2D eigenvalue weighted by molar-refractivity contribution is -0.146. The van der Waals surface area contributed by atoms with Crippen molar-refractivity contribution in [2.45, 2.75) is 77.5 Å². The van der Waals surface area contributed by atoms with Gasteiger partial charge in [0.25, 0.3) is 0 Å². The summed E-state index contributed by atoms with van der Waals surface area (Å²) >= 11 is 0. The Morgan fingerprint density at radius 1 is 1.08 bits per heavy atom. The van der Waals surface area contributed by atoms with Crippen LogP contribution in [0.15, 0.2) is 36.4 Å². The van der Waals surface area contributed by atoms with E-state index < -0.39 is 35.9 Å². The second kappa shape index (κ2) is 13.2. The third-order valence-electron chi connectivity index (χ3n) is 7.16. The molecule has 0 saturated heterocycles. The largest absolute Gasteiger partial charge is 0.508 e. The van der Waals surface area contributed by atoms with Gasteiger partial charge in [-0.1, -0.05) is 24.3 Å². The van der Waals surface area contributed by atoms with Crippen molar-refractivity contribution in [1.29, 1.82) is 0 Å². The molecule has 39 heavy (non-hydrogen) atoms. The summed E-state index contributed by atoms with van der Waals surface area (Å²) in [5.74, 6) is -2.13. The number of benzene rings is 2. The Labute approximate surface area is 228 Å². The fraction of sp³-hybridized carbons (Fsp3) is 0.448. The molecule has 0 aliphatic carbocycles. The molecule has 0 fully saturated rings. The van der Waals surface area contributed by atoms with Gasteiger partial charge in [0, 0.05) is 26.4 Å². The molecule has 0 bridgehead atoms. The molecule has 210 valence electrons. The minimum absolute atomic E-state index is 0.140. The monoisotopic (exact) mass is 538 g/mol. The maximum Gasteiger partial charge on any atom is 0.326 e. The summed E-state index contributed by atoms with van der Waals surface area (Å²) in [6, 6.07) is 7.80. The van der Waals surface area contributed by atoms with Crippen molar-refractivity contribution in [3.05, 3.63) is 64.2 Å². The number of nitrogens with zero attached hydrogens (tertiary/aromatic N) is 1. The van der Waals surface area contributed by atoms with Crippen LogP contribution in [0.5, 0.6) is 5.75 Å². The zero-order valence-corrected chi connectivity index (χ0v) is 22.7. The highest BCUT2D eigenvalue weighted by molar-refractivity contribution is 5.92. The van der Waals surface area contributed by atoms with Crippen LogP contribution in [0.2, 0.25) is 0 Å². The maximum atomic E-state index is 13.7. The number of carbonyl (C=O) groups is 4. The van der Waals surface area contributed by atoms with Crippen molar-refractivity contribution in [3.8, 4) is 5.75 Å². The first-order chi connectivity index (χ1) is 18.5. The van der Waals surface area contributed by atoms with Crippen molar-refractivity contribution >= 4 is 23.7 Å². The van der Waals surface area contributed by atoms with Crippen molar-refractivity contribution < 1.29 is 29.4 Å². The number of carbonyl (C=O) groups excluding carboxylic acids is 3. The maximum absolute atomic E-state index is 13.7. The molecule has 2 aromatic rings. The van der Waals surface area contributed by atoms with Crippen LogP contribution in [-0.4, -0.2) is 63.5 Å². The van der Waals surface area contributed by atoms with Crippen LogP contribution in [-0.2, 0) is 38.6 Å². The number of phenolic OH excluding ortho intramolecular Hbond substituents is 1. The third kappa shape index (κ3) is 7.79. The molecule has 0 saturated carbocycles. The highest BCUT2D eigenvalue weighted by Gasteiger charge is 2.38. The van der Waals surface area contributed by atoms with Gasteiger partial charge in [-0.25, -0.2) is 4.79 Å². The summed E-state index contributed by atoms with van der Waals surface area (Å²) < 4.78 is 0. The van der Waals surface area contributed by atoms with E-state index in [0.29, 0.717) is 19.4 Å². The zero-order chi connectivity index (χ0) is 28.7. The number of aliphatic carboxylic acids is 1. The van der Waals surface area contributed by atoms with Gasteiger partial charge >= 0.3 is 5.97 Å². The molecular weight excluding hydrogens is 500 g/mol. The molecule has 10 heteroatoms. The fourth-order valence-corrected chi connectivity index (χ4v) is 5.06. The number of aromatic hydroxyl groups is 1. The number of phenols is 1. The number of unbranched alkanes of at least 4 members (excludes halogenated alkanes) is 1. The Hall–Kier alpha value is -3.92. The summed E-state index contributed by atoms with van der Waals surface area (Å²) in [7, 11) is 0. The van der Waals surface area contributed by atoms with E-state index >= 15 is 0 Å². The van der Waals surface area contributed by atoms with Crippen molar-refractivity contribution in [2.24, 2.45) is 5.73 Å². The smallest absolute Gasteiger partial charge is 0.326 e. The Balaban J connectivity index is 1.77. The van der Waals surface area contributed by atoms with Crippen LogP contribution in [0.25, 0.3) is 0 Å². The van der Waals surface area contributed by atoms with E-state index in [2.05, 4.69) is 10.6 Å². The van der Waals surface area contributed by atoms with Gasteiger partial charge in [0.15, 0.2) is 0 Å². The number of carboxylic acids is 1. The van der Waals surface area contributed by atoms with Gasteiger partial charge in [-0.2, -0.15) is 0 Å². The fourth-order valence-electron chi connectivity index (χ4n) is 5.06. The van der Waals surface area contributed by atoms with Gasteiger partial charge in [0.1, 0.15) is 17.8 Å². The summed E-state index contributed by atoms with van der Waals surface area (Å²) in [4.78, 5) is 51.5. The lowest BCUT2D eigenvalue weighted by atomic mass is 9.91. The number of nitrogens with two attached hydrogens (primary N) is 1. The Bertz CT molecular complexity index is 1210. The predicted octanol–water partition coefficient (Wildman–Crippen LogP) is 1.71. The standard InChI is InChI=1S/C29H38N4O6/c1-17-12-22(35)13-18(2)23(17)15-24(30)28(37)33-16-21-9-5-4-8-20(21)14-26(33)27(36)32-25(29(38)39)10-6-7-11-31-19(3)34/h4-5,8-9,12-13,24-26,35H,6-7,10-11,14-16,30H2,1-3H3,(H,31,34)(H,32,36)(H,38,39). The molecule has 0 spiro atoms. The average molecular weight is 539 g/mol. The SMILES string of the molecule is CC(=O)NCCCCC(NC(=O)C1Cc2ccccc2CN1C(=O)C(N)Cc1c(C)cc(O)cc1C)C(=O)O.